The highest BCUT2D eigenvalue weighted by molar-refractivity contribution is 5.90. The molecule has 0 aliphatic carbocycles. The van der Waals surface area contributed by atoms with Gasteiger partial charge in [-0.05, 0) is 11.6 Å². The first-order chi connectivity index (χ1) is 9.08. The summed E-state index contributed by atoms with van der Waals surface area (Å²) < 4.78 is 0. The van der Waals surface area contributed by atoms with Crippen molar-refractivity contribution in [3.05, 3.63) is 35.5 Å². The number of benzene rings is 1. The number of H-pyrrole nitrogens is 1. The van der Waals surface area contributed by atoms with Crippen LogP contribution in [0, 0.1) is 0 Å². The molecule has 0 unspecified atom stereocenters. The summed E-state index contributed by atoms with van der Waals surface area (Å²) >= 11 is 0. The third-order valence-electron chi connectivity index (χ3n) is 3.46. The van der Waals surface area contributed by atoms with Gasteiger partial charge in [-0.2, -0.15) is 0 Å². The van der Waals surface area contributed by atoms with Crippen LogP contribution in [0.5, 0.6) is 0 Å². The van der Waals surface area contributed by atoms with Crippen LogP contribution in [0.25, 0.3) is 10.9 Å². The van der Waals surface area contributed by atoms with E-state index >= 15 is 0 Å². The number of rotatable bonds is 2. The quantitative estimate of drug-likeness (QED) is 0.642. The van der Waals surface area contributed by atoms with Gasteiger partial charge in [0.1, 0.15) is 12.1 Å². The summed E-state index contributed by atoms with van der Waals surface area (Å²) in [5.41, 5.74) is 2.15. The Morgan fingerprint density at radius 1 is 1.16 bits per heavy atom. The Labute approximate surface area is 108 Å². The van der Waals surface area contributed by atoms with Crippen molar-refractivity contribution < 1.29 is 19.8 Å². The fourth-order valence-corrected chi connectivity index (χ4v) is 2.59. The van der Waals surface area contributed by atoms with Crippen LogP contribution in [0.2, 0.25) is 0 Å². The predicted molar refractivity (Wildman–Crippen MR) is 66.9 cm³/mol. The molecule has 1 aliphatic heterocycles. The Morgan fingerprint density at radius 2 is 1.89 bits per heavy atom. The molecule has 0 saturated heterocycles. The largest absolute Gasteiger partial charge is 0.480 e. The summed E-state index contributed by atoms with van der Waals surface area (Å²) in [5.74, 6) is -2.12. The molecular formula is C13H12N2O4. The van der Waals surface area contributed by atoms with Gasteiger partial charge in [-0.25, -0.2) is 0 Å². The van der Waals surface area contributed by atoms with Gasteiger partial charge in [-0.1, -0.05) is 18.2 Å². The maximum absolute atomic E-state index is 11.3. The number of aliphatic carboxylic acids is 2. The summed E-state index contributed by atoms with van der Waals surface area (Å²) in [6, 6.07) is 5.52. The number of para-hydroxylation sites is 1. The van der Waals surface area contributed by atoms with E-state index < -0.39 is 24.0 Å². The minimum absolute atomic E-state index is 0.276. The Morgan fingerprint density at radius 3 is 2.58 bits per heavy atom. The number of fused-ring (bicyclic) bond motifs is 3. The fraction of sp³-hybridized carbons (Fsp3) is 0.231. The van der Waals surface area contributed by atoms with E-state index in [-0.39, 0.29) is 6.42 Å². The van der Waals surface area contributed by atoms with E-state index in [1.165, 1.54) is 0 Å². The molecule has 0 spiro atoms. The van der Waals surface area contributed by atoms with Crippen LogP contribution < -0.4 is 5.32 Å². The first-order valence-corrected chi connectivity index (χ1v) is 5.89. The zero-order valence-electron chi connectivity index (χ0n) is 9.88. The standard InChI is InChI=1S/C13H12N2O4/c16-12(17)9-5-7-6-3-1-2-4-8(6)14-10(7)11(15-9)13(18)19/h1-4,9,11,14-15H,5H2,(H,16,17)(H,18,19)/t9-,11+/m0/s1. The van der Waals surface area contributed by atoms with Crippen molar-refractivity contribution in [1.29, 1.82) is 0 Å². The van der Waals surface area contributed by atoms with Crippen LogP contribution in [0.3, 0.4) is 0 Å². The highest BCUT2D eigenvalue weighted by Gasteiger charge is 2.36. The lowest BCUT2D eigenvalue weighted by Crippen LogP contribution is -2.47. The van der Waals surface area contributed by atoms with Crippen molar-refractivity contribution >= 4 is 22.8 Å². The van der Waals surface area contributed by atoms with E-state index in [0.29, 0.717) is 5.69 Å². The van der Waals surface area contributed by atoms with Crippen LogP contribution >= 0.6 is 0 Å². The van der Waals surface area contributed by atoms with Crippen LogP contribution in [-0.4, -0.2) is 33.2 Å². The SMILES string of the molecule is O=C(O)[C@@H]1Cc2c([nH]c3ccccc23)[C@H](C(=O)O)N1. The summed E-state index contributed by atoms with van der Waals surface area (Å²) in [5, 5.41) is 21.9. The molecule has 2 aromatic rings. The fourth-order valence-electron chi connectivity index (χ4n) is 2.59. The first kappa shape index (κ1) is 11.7. The molecular weight excluding hydrogens is 248 g/mol. The van der Waals surface area contributed by atoms with E-state index in [9.17, 15) is 14.7 Å². The molecule has 0 amide bonds. The summed E-state index contributed by atoms with van der Waals surface area (Å²) in [6.45, 7) is 0. The van der Waals surface area contributed by atoms with Crippen LogP contribution in [0.4, 0.5) is 0 Å². The molecule has 1 aromatic heterocycles. The van der Waals surface area contributed by atoms with Crippen LogP contribution in [-0.2, 0) is 16.0 Å². The van der Waals surface area contributed by atoms with E-state index in [2.05, 4.69) is 10.3 Å². The number of aromatic amines is 1. The monoisotopic (exact) mass is 260 g/mol. The Hall–Kier alpha value is -2.34. The number of carbonyl (C=O) groups is 2. The van der Waals surface area contributed by atoms with Gasteiger partial charge in [0, 0.05) is 23.0 Å². The molecule has 3 rings (SSSR count). The minimum Gasteiger partial charge on any atom is -0.480 e. The van der Waals surface area contributed by atoms with Crippen LogP contribution in [0.15, 0.2) is 24.3 Å². The molecule has 6 nitrogen and oxygen atoms in total. The summed E-state index contributed by atoms with van der Waals surface area (Å²) in [7, 11) is 0. The topological polar surface area (TPSA) is 102 Å². The van der Waals surface area contributed by atoms with Crippen molar-refractivity contribution in [2.45, 2.75) is 18.5 Å². The second-order valence-corrected chi connectivity index (χ2v) is 4.60. The summed E-state index contributed by atoms with van der Waals surface area (Å²) in [4.78, 5) is 25.5. The number of hydrogen-bond acceptors (Lipinski definition) is 3. The van der Waals surface area contributed by atoms with Crippen molar-refractivity contribution in [3.8, 4) is 0 Å². The van der Waals surface area contributed by atoms with Crippen molar-refractivity contribution in [1.82, 2.24) is 10.3 Å². The van der Waals surface area contributed by atoms with Gasteiger partial charge in [0.2, 0.25) is 0 Å². The van der Waals surface area contributed by atoms with Crippen molar-refractivity contribution in [2.24, 2.45) is 0 Å². The van der Waals surface area contributed by atoms with Crippen LogP contribution in [0.1, 0.15) is 17.3 Å². The molecule has 0 saturated carbocycles. The predicted octanol–water partition coefficient (Wildman–Crippen LogP) is 0.893. The molecule has 0 fully saturated rings. The molecule has 1 aromatic carbocycles. The lowest BCUT2D eigenvalue weighted by molar-refractivity contribution is -0.143. The van der Waals surface area contributed by atoms with E-state index in [1.807, 2.05) is 24.3 Å². The summed E-state index contributed by atoms with van der Waals surface area (Å²) in [6.07, 6.45) is 0.276. The maximum atomic E-state index is 11.3. The number of hydrogen-bond donors (Lipinski definition) is 4. The molecule has 2 atom stereocenters. The van der Waals surface area contributed by atoms with Gasteiger partial charge in [-0.3, -0.25) is 14.9 Å². The van der Waals surface area contributed by atoms with Gasteiger partial charge in [0.15, 0.2) is 0 Å². The highest BCUT2D eigenvalue weighted by atomic mass is 16.4. The smallest absolute Gasteiger partial charge is 0.326 e. The molecule has 2 heterocycles. The molecule has 98 valence electrons. The molecule has 6 heteroatoms. The molecule has 1 aliphatic rings. The molecule has 0 radical (unpaired) electrons. The Balaban J connectivity index is 2.19. The molecule has 4 N–H and O–H groups in total. The zero-order chi connectivity index (χ0) is 13.6. The average Bonchev–Trinajstić information content (AvgIpc) is 2.75. The lowest BCUT2D eigenvalue weighted by atomic mass is 9.94. The molecule has 0 bridgehead atoms. The van der Waals surface area contributed by atoms with Crippen molar-refractivity contribution in [3.63, 3.8) is 0 Å². The number of carboxylic acid groups (broad SMARTS) is 2. The zero-order valence-corrected chi connectivity index (χ0v) is 9.88. The van der Waals surface area contributed by atoms with Gasteiger partial charge in [0.25, 0.3) is 0 Å². The van der Waals surface area contributed by atoms with Gasteiger partial charge in [-0.15, -0.1) is 0 Å². The van der Waals surface area contributed by atoms with Crippen molar-refractivity contribution in [2.75, 3.05) is 0 Å². The average molecular weight is 260 g/mol. The van der Waals surface area contributed by atoms with E-state index in [0.717, 1.165) is 16.5 Å². The normalized spacial score (nSPS) is 22.1. The maximum Gasteiger partial charge on any atom is 0.326 e. The third-order valence-corrected chi connectivity index (χ3v) is 3.46. The Bertz CT molecular complexity index is 676. The second-order valence-electron chi connectivity index (χ2n) is 4.60. The first-order valence-electron chi connectivity index (χ1n) is 5.89. The lowest BCUT2D eigenvalue weighted by Gasteiger charge is -2.26. The Kier molecular flexibility index (Phi) is 2.53. The number of nitrogens with one attached hydrogen (secondary N) is 2. The number of carboxylic acids is 2. The minimum atomic E-state index is -1.08. The van der Waals surface area contributed by atoms with E-state index in [1.54, 1.807) is 0 Å². The number of aromatic nitrogens is 1. The third kappa shape index (κ3) is 1.77. The van der Waals surface area contributed by atoms with Gasteiger partial charge < -0.3 is 15.2 Å². The highest BCUT2D eigenvalue weighted by Crippen LogP contribution is 2.31. The van der Waals surface area contributed by atoms with Gasteiger partial charge in [0.05, 0.1) is 0 Å². The van der Waals surface area contributed by atoms with E-state index in [4.69, 9.17) is 5.11 Å². The second kappa shape index (κ2) is 4.10. The molecule has 19 heavy (non-hydrogen) atoms. The van der Waals surface area contributed by atoms with Gasteiger partial charge >= 0.3 is 11.9 Å².